The number of rotatable bonds is 3. The van der Waals surface area contributed by atoms with Crippen molar-refractivity contribution in [1.82, 2.24) is 9.80 Å². The number of amides is 1. The lowest BCUT2D eigenvalue weighted by Gasteiger charge is -2.41. The maximum Gasteiger partial charge on any atom is 0.253 e. The third-order valence-corrected chi connectivity index (χ3v) is 6.11. The van der Waals surface area contributed by atoms with E-state index < -0.39 is 0 Å². The molecule has 0 aromatic heterocycles. The number of benzene rings is 1. The molecule has 2 bridgehead atoms. The Bertz CT molecular complexity index is 563. The van der Waals surface area contributed by atoms with Crippen LogP contribution in [-0.2, 0) is 0 Å². The summed E-state index contributed by atoms with van der Waals surface area (Å²) in [5, 5.41) is 0. The summed E-state index contributed by atoms with van der Waals surface area (Å²) in [6.45, 7) is 3.79. The molecule has 4 heteroatoms. The van der Waals surface area contributed by atoms with Crippen LogP contribution in [0.2, 0.25) is 0 Å². The van der Waals surface area contributed by atoms with E-state index in [0.717, 1.165) is 55.4 Å². The van der Waals surface area contributed by atoms with Crippen LogP contribution in [0.25, 0.3) is 0 Å². The second kappa shape index (κ2) is 6.16. The third-order valence-electron chi connectivity index (χ3n) is 6.11. The standard InChI is InChI=1S/C19H26N2O2/c1-23-17-6-4-15(5-7-17)19(22)21-10-8-20(9-11-21)18-13-14-2-3-16(18)12-14/h4-7,14,16,18H,2-3,8-13H2,1H3. The summed E-state index contributed by atoms with van der Waals surface area (Å²) in [7, 11) is 1.64. The first-order valence-corrected chi connectivity index (χ1v) is 8.92. The van der Waals surface area contributed by atoms with Gasteiger partial charge in [-0.25, -0.2) is 0 Å². The molecule has 2 aliphatic carbocycles. The number of hydrogen-bond donors (Lipinski definition) is 0. The number of ether oxygens (including phenoxy) is 1. The van der Waals surface area contributed by atoms with Gasteiger partial charge in [-0.1, -0.05) is 6.42 Å². The molecule has 2 saturated carbocycles. The van der Waals surface area contributed by atoms with Crippen LogP contribution >= 0.6 is 0 Å². The van der Waals surface area contributed by atoms with Gasteiger partial charge in [0.15, 0.2) is 0 Å². The summed E-state index contributed by atoms with van der Waals surface area (Å²) < 4.78 is 5.16. The molecule has 4 nitrogen and oxygen atoms in total. The van der Waals surface area contributed by atoms with Crippen molar-refractivity contribution < 1.29 is 9.53 Å². The number of fused-ring (bicyclic) bond motifs is 2. The molecular weight excluding hydrogens is 288 g/mol. The number of nitrogens with zero attached hydrogens (tertiary/aromatic N) is 2. The zero-order valence-electron chi connectivity index (χ0n) is 13.9. The van der Waals surface area contributed by atoms with Crippen LogP contribution in [0.15, 0.2) is 24.3 Å². The molecule has 1 aromatic carbocycles. The molecule has 1 saturated heterocycles. The van der Waals surface area contributed by atoms with Gasteiger partial charge in [0, 0.05) is 37.8 Å². The molecule has 3 unspecified atom stereocenters. The van der Waals surface area contributed by atoms with Crippen LogP contribution in [-0.4, -0.2) is 55.0 Å². The van der Waals surface area contributed by atoms with Crippen molar-refractivity contribution in [2.24, 2.45) is 11.8 Å². The fraction of sp³-hybridized carbons (Fsp3) is 0.632. The van der Waals surface area contributed by atoms with Crippen molar-refractivity contribution in [3.05, 3.63) is 29.8 Å². The topological polar surface area (TPSA) is 32.8 Å². The quantitative estimate of drug-likeness (QED) is 0.860. The number of methoxy groups -OCH3 is 1. The Hall–Kier alpha value is -1.55. The zero-order valence-corrected chi connectivity index (χ0v) is 13.9. The Morgan fingerprint density at radius 3 is 2.35 bits per heavy atom. The summed E-state index contributed by atoms with van der Waals surface area (Å²) in [4.78, 5) is 17.3. The maximum atomic E-state index is 12.6. The lowest BCUT2D eigenvalue weighted by molar-refractivity contribution is 0.0496. The van der Waals surface area contributed by atoms with E-state index in [1.54, 1.807) is 7.11 Å². The van der Waals surface area contributed by atoms with Crippen LogP contribution < -0.4 is 4.74 Å². The Kier molecular flexibility index (Phi) is 4.02. The Morgan fingerprint density at radius 1 is 1.04 bits per heavy atom. The minimum atomic E-state index is 0.153. The third kappa shape index (κ3) is 2.85. The second-order valence-electron chi connectivity index (χ2n) is 7.30. The lowest BCUT2D eigenvalue weighted by atomic mass is 9.93. The van der Waals surface area contributed by atoms with Gasteiger partial charge in [-0.15, -0.1) is 0 Å². The average Bonchev–Trinajstić information content (AvgIpc) is 3.25. The summed E-state index contributed by atoms with van der Waals surface area (Å²) >= 11 is 0. The van der Waals surface area contributed by atoms with E-state index in [9.17, 15) is 4.79 Å². The molecule has 3 fully saturated rings. The molecule has 0 radical (unpaired) electrons. The smallest absolute Gasteiger partial charge is 0.253 e. The van der Waals surface area contributed by atoms with Crippen LogP contribution in [0.5, 0.6) is 5.75 Å². The highest BCUT2D eigenvalue weighted by Gasteiger charge is 2.42. The summed E-state index contributed by atoms with van der Waals surface area (Å²) in [5.74, 6) is 2.87. The molecule has 1 heterocycles. The molecule has 3 atom stereocenters. The van der Waals surface area contributed by atoms with Crippen molar-refractivity contribution in [3.8, 4) is 5.75 Å². The first-order valence-electron chi connectivity index (χ1n) is 8.92. The highest BCUT2D eigenvalue weighted by molar-refractivity contribution is 5.94. The molecule has 1 aromatic rings. The second-order valence-corrected chi connectivity index (χ2v) is 7.30. The lowest BCUT2D eigenvalue weighted by Crippen LogP contribution is -2.53. The SMILES string of the molecule is COc1ccc(C(=O)N2CCN(C3CC4CCC3C4)CC2)cc1. The molecule has 1 aliphatic heterocycles. The molecule has 0 spiro atoms. The Balaban J connectivity index is 1.34. The monoisotopic (exact) mass is 314 g/mol. The molecule has 3 aliphatic rings. The first kappa shape index (κ1) is 15.0. The van der Waals surface area contributed by atoms with Crippen molar-refractivity contribution in [3.63, 3.8) is 0 Å². The maximum absolute atomic E-state index is 12.6. The molecule has 0 N–H and O–H groups in total. The van der Waals surface area contributed by atoms with Gasteiger partial charge >= 0.3 is 0 Å². The van der Waals surface area contributed by atoms with E-state index in [1.165, 1.54) is 25.7 Å². The van der Waals surface area contributed by atoms with Gasteiger partial charge < -0.3 is 9.64 Å². The first-order chi connectivity index (χ1) is 11.2. The summed E-state index contributed by atoms with van der Waals surface area (Å²) in [5.41, 5.74) is 0.763. The number of hydrogen-bond acceptors (Lipinski definition) is 3. The van der Waals surface area contributed by atoms with Crippen LogP contribution in [0.1, 0.15) is 36.0 Å². The predicted octanol–water partition coefficient (Wildman–Crippen LogP) is 2.64. The van der Waals surface area contributed by atoms with Crippen LogP contribution in [0, 0.1) is 11.8 Å². The predicted molar refractivity (Wildman–Crippen MR) is 89.7 cm³/mol. The molecule has 124 valence electrons. The van der Waals surface area contributed by atoms with Gasteiger partial charge in [-0.2, -0.15) is 0 Å². The Labute approximate surface area is 138 Å². The fourth-order valence-electron chi connectivity index (χ4n) is 4.83. The van der Waals surface area contributed by atoms with E-state index in [4.69, 9.17) is 4.74 Å². The number of piperazine rings is 1. The van der Waals surface area contributed by atoms with E-state index in [0.29, 0.717) is 0 Å². The van der Waals surface area contributed by atoms with Gasteiger partial charge in [0.2, 0.25) is 0 Å². The highest BCUT2D eigenvalue weighted by atomic mass is 16.5. The molecular formula is C19H26N2O2. The van der Waals surface area contributed by atoms with Crippen molar-refractivity contribution in [2.45, 2.75) is 31.7 Å². The van der Waals surface area contributed by atoms with Crippen molar-refractivity contribution in [2.75, 3.05) is 33.3 Å². The van der Waals surface area contributed by atoms with Crippen LogP contribution in [0.4, 0.5) is 0 Å². The average molecular weight is 314 g/mol. The Morgan fingerprint density at radius 2 is 1.78 bits per heavy atom. The van der Waals surface area contributed by atoms with E-state index in [1.807, 2.05) is 29.2 Å². The van der Waals surface area contributed by atoms with Gasteiger partial charge in [-0.3, -0.25) is 9.69 Å². The normalized spacial score (nSPS) is 30.7. The van der Waals surface area contributed by atoms with Gasteiger partial charge in [-0.05, 0) is 55.4 Å². The zero-order chi connectivity index (χ0) is 15.8. The number of carbonyl (C=O) groups excluding carboxylic acids is 1. The fourth-order valence-corrected chi connectivity index (χ4v) is 4.83. The molecule has 4 rings (SSSR count). The van der Waals surface area contributed by atoms with Crippen molar-refractivity contribution in [1.29, 1.82) is 0 Å². The largest absolute Gasteiger partial charge is 0.497 e. The summed E-state index contributed by atoms with van der Waals surface area (Å²) in [6, 6.07) is 8.25. The van der Waals surface area contributed by atoms with Gasteiger partial charge in [0.1, 0.15) is 5.75 Å². The van der Waals surface area contributed by atoms with Gasteiger partial charge in [0.25, 0.3) is 5.91 Å². The van der Waals surface area contributed by atoms with Gasteiger partial charge in [0.05, 0.1) is 7.11 Å². The minimum absolute atomic E-state index is 0.153. The van der Waals surface area contributed by atoms with Crippen molar-refractivity contribution >= 4 is 5.91 Å². The van der Waals surface area contributed by atoms with E-state index in [-0.39, 0.29) is 5.91 Å². The van der Waals surface area contributed by atoms with E-state index in [2.05, 4.69) is 4.90 Å². The van der Waals surface area contributed by atoms with Crippen LogP contribution in [0.3, 0.4) is 0 Å². The highest BCUT2D eigenvalue weighted by Crippen LogP contribution is 2.46. The summed E-state index contributed by atoms with van der Waals surface area (Å²) in [6.07, 6.45) is 5.74. The minimum Gasteiger partial charge on any atom is -0.497 e. The number of carbonyl (C=O) groups is 1. The molecule has 1 amide bonds. The van der Waals surface area contributed by atoms with E-state index >= 15 is 0 Å². The molecule has 23 heavy (non-hydrogen) atoms.